The van der Waals surface area contributed by atoms with Crippen LogP contribution in [0.15, 0.2) is 65.5 Å². The Morgan fingerprint density at radius 1 is 0.939 bits per heavy atom. The summed E-state index contributed by atoms with van der Waals surface area (Å²) in [5, 5.41) is 0. The molecule has 0 atom stereocenters. The minimum Gasteiger partial charge on any atom is -0.363 e. The Kier molecular flexibility index (Phi) is 5.08. The fraction of sp³-hybridized carbons (Fsp3) is 0.259. The molecule has 0 amide bonds. The molecule has 6 heteroatoms. The lowest BCUT2D eigenvalue weighted by Crippen LogP contribution is -2.28. The highest BCUT2D eigenvalue weighted by atomic mass is 16.1. The van der Waals surface area contributed by atoms with Gasteiger partial charge in [-0.25, -0.2) is 4.68 Å². The van der Waals surface area contributed by atoms with E-state index in [0.29, 0.717) is 17.8 Å². The number of hydrogen-bond acceptors (Lipinski definition) is 3. The molecular formula is C27H28N4O2. The van der Waals surface area contributed by atoms with Gasteiger partial charge >= 0.3 is 0 Å². The number of aromatic nitrogens is 3. The Morgan fingerprint density at radius 2 is 1.64 bits per heavy atom. The number of carbonyl (C=O) groups is 1. The Labute approximate surface area is 193 Å². The Hall–Kier alpha value is -3.80. The lowest BCUT2D eigenvalue weighted by atomic mass is 10.1. The van der Waals surface area contributed by atoms with Crippen LogP contribution >= 0.6 is 0 Å². The van der Waals surface area contributed by atoms with Crippen LogP contribution in [0.2, 0.25) is 0 Å². The predicted octanol–water partition coefficient (Wildman–Crippen LogP) is 4.14. The number of para-hydroxylation sites is 2. The molecule has 0 bridgehead atoms. The van der Waals surface area contributed by atoms with E-state index in [2.05, 4.69) is 17.0 Å². The minimum atomic E-state index is -0.101. The van der Waals surface area contributed by atoms with Crippen LogP contribution in [-0.2, 0) is 13.5 Å². The van der Waals surface area contributed by atoms with Crippen molar-refractivity contribution in [3.63, 3.8) is 0 Å². The molecule has 0 N–H and O–H groups in total. The molecule has 5 rings (SSSR count). The number of aryl methyl sites for hydroxylation is 1. The van der Waals surface area contributed by atoms with Crippen LogP contribution in [-0.4, -0.2) is 32.8 Å². The van der Waals surface area contributed by atoms with E-state index in [-0.39, 0.29) is 11.3 Å². The first-order valence-corrected chi connectivity index (χ1v) is 11.3. The normalized spacial score (nSPS) is 12.9. The summed E-state index contributed by atoms with van der Waals surface area (Å²) in [6, 6.07) is 19.8. The fourth-order valence-corrected chi connectivity index (χ4v) is 5.03. The molecule has 33 heavy (non-hydrogen) atoms. The zero-order valence-electron chi connectivity index (χ0n) is 19.5. The summed E-state index contributed by atoms with van der Waals surface area (Å²) in [5.74, 6) is 0.0722. The van der Waals surface area contributed by atoms with Crippen molar-refractivity contribution in [2.24, 2.45) is 7.05 Å². The zero-order valence-corrected chi connectivity index (χ0v) is 19.5. The van der Waals surface area contributed by atoms with Crippen molar-refractivity contribution in [1.29, 1.82) is 0 Å². The van der Waals surface area contributed by atoms with Crippen molar-refractivity contribution in [2.45, 2.75) is 27.2 Å². The molecule has 1 aliphatic heterocycles. The van der Waals surface area contributed by atoms with E-state index in [1.54, 1.807) is 4.68 Å². The maximum Gasteiger partial charge on any atom is 0.295 e. The average molecular weight is 441 g/mol. The van der Waals surface area contributed by atoms with E-state index >= 15 is 0 Å². The van der Waals surface area contributed by atoms with Gasteiger partial charge < -0.3 is 9.47 Å². The third kappa shape index (κ3) is 3.33. The molecule has 168 valence electrons. The standard InChI is InChI=1S/C27H28N4O2/c1-18-16-23(25(32)17-29-15-14-21-10-8-9-13-24(21)29)19(2)30(18)26-20(3)28(4)31(27(26)33)22-11-6-5-7-12-22/h5-13,16H,14-15,17H2,1-4H3. The molecule has 0 saturated heterocycles. The van der Waals surface area contributed by atoms with Crippen LogP contribution < -0.4 is 10.5 Å². The second-order valence-corrected chi connectivity index (χ2v) is 8.75. The number of fused-ring (bicyclic) bond motifs is 1. The van der Waals surface area contributed by atoms with Crippen molar-refractivity contribution >= 4 is 11.5 Å². The van der Waals surface area contributed by atoms with Crippen LogP contribution in [0.3, 0.4) is 0 Å². The maximum absolute atomic E-state index is 13.5. The molecule has 0 radical (unpaired) electrons. The molecule has 3 heterocycles. The fourth-order valence-electron chi connectivity index (χ4n) is 5.03. The highest BCUT2D eigenvalue weighted by Crippen LogP contribution is 2.28. The van der Waals surface area contributed by atoms with Crippen LogP contribution in [0.5, 0.6) is 0 Å². The maximum atomic E-state index is 13.5. The van der Waals surface area contributed by atoms with Gasteiger partial charge in [-0.05, 0) is 57.0 Å². The number of benzene rings is 2. The lowest BCUT2D eigenvalue weighted by molar-refractivity contribution is 0.0999. The number of hydrogen-bond donors (Lipinski definition) is 0. The molecule has 2 aromatic heterocycles. The summed E-state index contributed by atoms with van der Waals surface area (Å²) in [4.78, 5) is 29.0. The SMILES string of the molecule is Cc1cc(C(=O)CN2CCc3ccccc32)c(C)n1-c1c(C)n(C)n(-c2ccccc2)c1=O. The van der Waals surface area contributed by atoms with Gasteiger partial charge in [0.15, 0.2) is 5.78 Å². The summed E-state index contributed by atoms with van der Waals surface area (Å²) in [6.45, 7) is 7.01. The number of carbonyl (C=O) groups excluding carboxylic acids is 1. The Bertz CT molecular complexity index is 1420. The van der Waals surface area contributed by atoms with Gasteiger partial charge in [-0.15, -0.1) is 0 Å². The van der Waals surface area contributed by atoms with Gasteiger partial charge in [0.2, 0.25) is 0 Å². The van der Waals surface area contributed by atoms with Gasteiger partial charge in [0.05, 0.1) is 17.9 Å². The van der Waals surface area contributed by atoms with Crippen molar-refractivity contribution in [1.82, 2.24) is 13.9 Å². The summed E-state index contributed by atoms with van der Waals surface area (Å²) in [5.41, 5.74) is 6.92. The van der Waals surface area contributed by atoms with Gasteiger partial charge in [0, 0.05) is 36.2 Å². The molecule has 0 spiro atoms. The summed E-state index contributed by atoms with van der Waals surface area (Å²) in [6.07, 6.45) is 0.963. The summed E-state index contributed by atoms with van der Waals surface area (Å²) < 4.78 is 5.48. The number of ketones is 1. The molecule has 0 saturated carbocycles. The van der Waals surface area contributed by atoms with Gasteiger partial charge in [-0.1, -0.05) is 36.4 Å². The number of nitrogens with zero attached hydrogens (tertiary/aromatic N) is 4. The van der Waals surface area contributed by atoms with Crippen molar-refractivity contribution < 1.29 is 4.79 Å². The molecule has 0 unspecified atom stereocenters. The van der Waals surface area contributed by atoms with E-state index in [1.165, 1.54) is 5.56 Å². The monoisotopic (exact) mass is 440 g/mol. The molecule has 0 fully saturated rings. The molecule has 0 aliphatic carbocycles. The van der Waals surface area contributed by atoms with E-state index in [9.17, 15) is 9.59 Å². The van der Waals surface area contributed by atoms with E-state index in [4.69, 9.17) is 0 Å². The summed E-state index contributed by atoms with van der Waals surface area (Å²) in [7, 11) is 1.89. The van der Waals surface area contributed by atoms with Gasteiger partial charge in [-0.2, -0.15) is 0 Å². The van der Waals surface area contributed by atoms with Crippen molar-refractivity contribution in [3.05, 3.63) is 99.2 Å². The summed E-state index contributed by atoms with van der Waals surface area (Å²) >= 11 is 0. The minimum absolute atomic E-state index is 0.0722. The number of anilines is 1. The predicted molar refractivity (Wildman–Crippen MR) is 131 cm³/mol. The van der Waals surface area contributed by atoms with Gasteiger partial charge in [0.1, 0.15) is 5.69 Å². The zero-order chi connectivity index (χ0) is 23.3. The second-order valence-electron chi connectivity index (χ2n) is 8.75. The molecule has 4 aromatic rings. The van der Waals surface area contributed by atoms with E-state index in [1.807, 2.05) is 85.6 Å². The van der Waals surface area contributed by atoms with Crippen LogP contribution in [0.4, 0.5) is 5.69 Å². The Morgan fingerprint density at radius 3 is 2.39 bits per heavy atom. The van der Waals surface area contributed by atoms with Crippen molar-refractivity contribution in [3.8, 4) is 11.4 Å². The van der Waals surface area contributed by atoms with Gasteiger partial charge in [-0.3, -0.25) is 14.3 Å². The van der Waals surface area contributed by atoms with Gasteiger partial charge in [0.25, 0.3) is 5.56 Å². The number of rotatable bonds is 5. The van der Waals surface area contributed by atoms with Crippen LogP contribution in [0, 0.1) is 20.8 Å². The van der Waals surface area contributed by atoms with Crippen LogP contribution in [0.1, 0.15) is 33.0 Å². The topological polar surface area (TPSA) is 52.2 Å². The molecule has 1 aliphatic rings. The smallest absolute Gasteiger partial charge is 0.295 e. The van der Waals surface area contributed by atoms with Crippen LogP contribution in [0.25, 0.3) is 11.4 Å². The Balaban J connectivity index is 1.53. The highest BCUT2D eigenvalue weighted by molar-refractivity contribution is 6.01. The first-order chi connectivity index (χ1) is 15.9. The quantitative estimate of drug-likeness (QED) is 0.439. The first-order valence-electron chi connectivity index (χ1n) is 11.3. The third-order valence-electron chi connectivity index (χ3n) is 6.80. The highest BCUT2D eigenvalue weighted by Gasteiger charge is 2.26. The lowest BCUT2D eigenvalue weighted by Gasteiger charge is -2.18. The second kappa shape index (κ2) is 7.96. The largest absolute Gasteiger partial charge is 0.363 e. The molecular weight excluding hydrogens is 412 g/mol. The average Bonchev–Trinajstić information content (AvgIpc) is 3.42. The van der Waals surface area contributed by atoms with E-state index in [0.717, 1.165) is 41.4 Å². The molecule has 2 aromatic carbocycles. The molecule has 6 nitrogen and oxygen atoms in total. The van der Waals surface area contributed by atoms with E-state index < -0.39 is 0 Å². The first kappa shape index (κ1) is 21.1. The van der Waals surface area contributed by atoms with Crippen molar-refractivity contribution in [2.75, 3.05) is 18.0 Å². The third-order valence-corrected chi connectivity index (χ3v) is 6.80. The number of Topliss-reactive ketones (excluding diaryl/α,β-unsaturated/α-hetero) is 1.